The van der Waals surface area contributed by atoms with Crippen LogP contribution < -0.4 is 15.6 Å². The Labute approximate surface area is 132 Å². The van der Waals surface area contributed by atoms with Gasteiger partial charge in [0.05, 0.1) is 12.8 Å². The number of ether oxygens (including phenoxy) is 1. The molecule has 2 aromatic rings. The van der Waals surface area contributed by atoms with Crippen molar-refractivity contribution < 1.29 is 4.74 Å². The largest absolute Gasteiger partial charge is 0.497 e. The van der Waals surface area contributed by atoms with E-state index in [-0.39, 0.29) is 0 Å². The first-order chi connectivity index (χ1) is 10.8. The summed E-state index contributed by atoms with van der Waals surface area (Å²) in [4.78, 5) is 4.65. The van der Waals surface area contributed by atoms with Crippen LogP contribution in [0.4, 0.5) is 5.69 Å². The highest BCUT2D eigenvalue weighted by Gasteiger charge is 2.02. The highest BCUT2D eigenvalue weighted by atomic mass is 16.5. The zero-order valence-corrected chi connectivity index (χ0v) is 13.2. The molecule has 4 nitrogen and oxygen atoms in total. The molecule has 0 aliphatic rings. The fourth-order valence-electron chi connectivity index (χ4n) is 1.95. The Balaban J connectivity index is 2.04. The summed E-state index contributed by atoms with van der Waals surface area (Å²) in [6, 6.07) is 17.9. The molecule has 2 N–H and O–H groups in total. The Morgan fingerprint density at radius 3 is 2.41 bits per heavy atom. The molecule has 0 heterocycles. The summed E-state index contributed by atoms with van der Waals surface area (Å²) in [7, 11) is 1.66. The monoisotopic (exact) mass is 297 g/mol. The van der Waals surface area contributed by atoms with Gasteiger partial charge in [-0.05, 0) is 30.7 Å². The van der Waals surface area contributed by atoms with Crippen molar-refractivity contribution in [1.82, 2.24) is 5.43 Å². The molecule has 4 heteroatoms. The van der Waals surface area contributed by atoms with Gasteiger partial charge in [0.25, 0.3) is 0 Å². The molecular weight excluding hydrogens is 274 g/mol. The van der Waals surface area contributed by atoms with Crippen molar-refractivity contribution in [3.8, 4) is 5.75 Å². The van der Waals surface area contributed by atoms with E-state index in [0.717, 1.165) is 42.2 Å². The molecular formula is C18H23N3O. The number of unbranched alkanes of at least 4 members (excludes halogenated alkanes) is 1. The third kappa shape index (κ3) is 4.81. The van der Waals surface area contributed by atoms with Crippen molar-refractivity contribution in [2.75, 3.05) is 19.1 Å². The van der Waals surface area contributed by atoms with E-state index in [9.17, 15) is 0 Å². The standard InChI is InChI=1S/C18H23N3O/c1-3-4-14-19-18(15-8-6-5-7-9-15)21-20-16-10-12-17(22-2)13-11-16/h5-13,20H,3-4,14H2,1-2H3,(H,19,21). The molecule has 0 spiro atoms. The molecule has 0 fully saturated rings. The van der Waals surface area contributed by atoms with Gasteiger partial charge in [0.15, 0.2) is 0 Å². The summed E-state index contributed by atoms with van der Waals surface area (Å²) < 4.78 is 5.16. The van der Waals surface area contributed by atoms with Gasteiger partial charge in [-0.2, -0.15) is 0 Å². The average molecular weight is 297 g/mol. The summed E-state index contributed by atoms with van der Waals surface area (Å²) in [6.07, 6.45) is 2.22. The number of methoxy groups -OCH3 is 1. The smallest absolute Gasteiger partial charge is 0.147 e. The summed E-state index contributed by atoms with van der Waals surface area (Å²) in [5.74, 6) is 1.69. The lowest BCUT2D eigenvalue weighted by atomic mass is 10.2. The van der Waals surface area contributed by atoms with Crippen molar-refractivity contribution in [3.63, 3.8) is 0 Å². The Bertz CT molecular complexity index is 579. The predicted octanol–water partition coefficient (Wildman–Crippen LogP) is 3.86. The Morgan fingerprint density at radius 1 is 1.05 bits per heavy atom. The van der Waals surface area contributed by atoms with Crippen LogP contribution in [0.5, 0.6) is 5.75 Å². The fraction of sp³-hybridized carbons (Fsp3) is 0.278. The first kappa shape index (κ1) is 15.9. The van der Waals surface area contributed by atoms with Gasteiger partial charge in [-0.25, -0.2) is 0 Å². The van der Waals surface area contributed by atoms with Crippen LogP contribution in [0.15, 0.2) is 59.6 Å². The van der Waals surface area contributed by atoms with Crippen LogP contribution in [0.3, 0.4) is 0 Å². The number of hydrogen-bond donors (Lipinski definition) is 2. The van der Waals surface area contributed by atoms with Gasteiger partial charge in [0.2, 0.25) is 0 Å². The van der Waals surface area contributed by atoms with E-state index in [4.69, 9.17) is 4.74 Å². The molecule has 0 saturated carbocycles. The van der Waals surface area contributed by atoms with Gasteiger partial charge in [-0.15, -0.1) is 0 Å². The maximum Gasteiger partial charge on any atom is 0.147 e. The van der Waals surface area contributed by atoms with E-state index >= 15 is 0 Å². The zero-order valence-electron chi connectivity index (χ0n) is 13.2. The second kappa shape index (κ2) is 8.72. The van der Waals surface area contributed by atoms with Crippen molar-refractivity contribution in [1.29, 1.82) is 0 Å². The molecule has 2 rings (SSSR count). The van der Waals surface area contributed by atoms with Crippen LogP contribution in [0, 0.1) is 0 Å². The van der Waals surface area contributed by atoms with E-state index in [0.29, 0.717) is 0 Å². The predicted molar refractivity (Wildman–Crippen MR) is 92.5 cm³/mol. The van der Waals surface area contributed by atoms with Crippen LogP contribution in [0.2, 0.25) is 0 Å². The molecule has 0 unspecified atom stereocenters. The third-order valence-corrected chi connectivity index (χ3v) is 3.24. The van der Waals surface area contributed by atoms with Crippen molar-refractivity contribution in [2.24, 2.45) is 4.99 Å². The quantitative estimate of drug-likeness (QED) is 0.353. The van der Waals surface area contributed by atoms with Crippen LogP contribution in [0.1, 0.15) is 25.3 Å². The number of nitrogens with one attached hydrogen (secondary N) is 2. The van der Waals surface area contributed by atoms with Crippen molar-refractivity contribution in [3.05, 3.63) is 60.2 Å². The minimum atomic E-state index is 0.817. The van der Waals surface area contributed by atoms with Gasteiger partial charge in [-0.3, -0.25) is 15.8 Å². The maximum absolute atomic E-state index is 5.16. The summed E-state index contributed by atoms with van der Waals surface area (Å²) >= 11 is 0. The van der Waals surface area contributed by atoms with Crippen molar-refractivity contribution >= 4 is 11.5 Å². The molecule has 0 aliphatic heterocycles. The first-order valence-electron chi connectivity index (χ1n) is 7.59. The van der Waals surface area contributed by atoms with E-state index in [1.165, 1.54) is 0 Å². The third-order valence-electron chi connectivity index (χ3n) is 3.24. The van der Waals surface area contributed by atoms with E-state index in [2.05, 4.69) is 22.8 Å². The van der Waals surface area contributed by atoms with Gasteiger partial charge >= 0.3 is 0 Å². The number of hydrazine groups is 1. The normalized spacial score (nSPS) is 11.1. The molecule has 2 aromatic carbocycles. The first-order valence-corrected chi connectivity index (χ1v) is 7.59. The lowest BCUT2D eigenvalue weighted by Gasteiger charge is -2.13. The molecule has 0 aromatic heterocycles. The molecule has 0 bridgehead atoms. The maximum atomic E-state index is 5.16. The number of amidine groups is 1. The summed E-state index contributed by atoms with van der Waals surface area (Å²) in [5.41, 5.74) is 8.42. The minimum absolute atomic E-state index is 0.817. The molecule has 0 aliphatic carbocycles. The lowest BCUT2D eigenvalue weighted by Crippen LogP contribution is -2.30. The highest BCUT2D eigenvalue weighted by molar-refractivity contribution is 5.99. The number of hydrogen-bond acceptors (Lipinski definition) is 3. The van der Waals surface area contributed by atoms with Gasteiger partial charge < -0.3 is 4.74 Å². The Hall–Kier alpha value is -2.49. The van der Waals surface area contributed by atoms with Crippen LogP contribution in [0.25, 0.3) is 0 Å². The van der Waals surface area contributed by atoms with Gasteiger partial charge in [-0.1, -0.05) is 43.7 Å². The minimum Gasteiger partial charge on any atom is -0.497 e. The molecule has 22 heavy (non-hydrogen) atoms. The number of benzene rings is 2. The molecule has 0 atom stereocenters. The van der Waals surface area contributed by atoms with Crippen LogP contribution in [-0.2, 0) is 0 Å². The topological polar surface area (TPSA) is 45.7 Å². The second-order valence-electron chi connectivity index (χ2n) is 4.93. The molecule has 116 valence electrons. The van der Waals surface area contributed by atoms with Gasteiger partial charge in [0, 0.05) is 12.1 Å². The summed E-state index contributed by atoms with van der Waals surface area (Å²) in [5, 5.41) is 0. The van der Waals surface area contributed by atoms with E-state index in [1.54, 1.807) is 7.11 Å². The number of nitrogens with zero attached hydrogens (tertiary/aromatic N) is 1. The number of anilines is 1. The average Bonchev–Trinajstić information content (AvgIpc) is 2.59. The van der Waals surface area contributed by atoms with Gasteiger partial charge in [0.1, 0.15) is 11.6 Å². The second-order valence-corrected chi connectivity index (χ2v) is 4.93. The van der Waals surface area contributed by atoms with Crippen molar-refractivity contribution in [2.45, 2.75) is 19.8 Å². The number of aliphatic imine (C=N–C) groups is 1. The highest BCUT2D eigenvalue weighted by Crippen LogP contribution is 2.14. The number of rotatable bonds is 7. The zero-order chi connectivity index (χ0) is 15.6. The summed E-state index contributed by atoms with van der Waals surface area (Å²) in [6.45, 7) is 2.98. The molecule has 0 radical (unpaired) electrons. The molecule has 0 amide bonds. The SMILES string of the molecule is CCCCN=C(NNc1ccc(OC)cc1)c1ccccc1. The van der Waals surface area contributed by atoms with Crippen LogP contribution >= 0.6 is 0 Å². The van der Waals surface area contributed by atoms with E-state index in [1.807, 2.05) is 54.6 Å². The van der Waals surface area contributed by atoms with Crippen LogP contribution in [-0.4, -0.2) is 19.5 Å². The fourth-order valence-corrected chi connectivity index (χ4v) is 1.95. The molecule has 0 saturated heterocycles. The van der Waals surface area contributed by atoms with E-state index < -0.39 is 0 Å². The Kier molecular flexibility index (Phi) is 6.30. The Morgan fingerprint density at radius 2 is 1.77 bits per heavy atom. The lowest BCUT2D eigenvalue weighted by molar-refractivity contribution is 0.415.